The van der Waals surface area contributed by atoms with Crippen LogP contribution >= 0.6 is 11.6 Å². The third-order valence-corrected chi connectivity index (χ3v) is 0.844. The monoisotopic (exact) mass is 180 g/mol. The molecule has 0 aliphatic rings. The quantitative estimate of drug-likeness (QED) is 0.345. The second-order valence-corrected chi connectivity index (χ2v) is 1.81. The summed E-state index contributed by atoms with van der Waals surface area (Å²) in [5.74, 6) is 0.384. The molecule has 11 heavy (non-hydrogen) atoms. The van der Waals surface area contributed by atoms with Crippen LogP contribution in [-0.4, -0.2) is 34.3 Å². The lowest BCUT2D eigenvalue weighted by atomic mass is 10.3. The highest BCUT2D eigenvalue weighted by Crippen LogP contribution is 2.02. The van der Waals surface area contributed by atoms with E-state index >= 15 is 0 Å². The molecule has 0 aliphatic heterocycles. The van der Waals surface area contributed by atoms with Gasteiger partial charge in [-0.25, -0.2) is 9.59 Å². The first kappa shape index (κ1) is 10.1. The van der Waals surface area contributed by atoms with E-state index in [9.17, 15) is 9.59 Å². The molecule has 1 unspecified atom stereocenters. The van der Waals surface area contributed by atoms with Gasteiger partial charge in [0.2, 0.25) is 5.76 Å². The van der Waals surface area contributed by atoms with E-state index < -0.39 is 23.9 Å². The van der Waals surface area contributed by atoms with Gasteiger partial charge in [-0.15, -0.1) is 0 Å². The summed E-state index contributed by atoms with van der Waals surface area (Å²) in [6.07, 6.45) is -1.56. The van der Waals surface area contributed by atoms with Gasteiger partial charge in [-0.05, 0) is 0 Å². The fourth-order valence-corrected chi connectivity index (χ4v) is 0.409. The number of aliphatic hydroxyl groups excluding tert-OH is 2. The van der Waals surface area contributed by atoms with Crippen molar-refractivity contribution in [2.75, 3.05) is 6.61 Å². The maximum absolute atomic E-state index is 9.98. The van der Waals surface area contributed by atoms with Gasteiger partial charge in [0.1, 0.15) is 6.10 Å². The highest BCUT2D eigenvalue weighted by atomic mass is 35.5. The van der Waals surface area contributed by atoms with Crippen molar-refractivity contribution in [3.05, 3.63) is 5.76 Å². The highest BCUT2D eigenvalue weighted by Gasteiger charge is 2.14. The zero-order valence-corrected chi connectivity index (χ0v) is 6.04. The molecule has 0 saturated heterocycles. The molecule has 0 aromatic heterocycles. The number of halogens is 1. The van der Waals surface area contributed by atoms with Crippen LogP contribution in [0.4, 0.5) is 4.79 Å². The molecule has 0 aliphatic carbocycles. The van der Waals surface area contributed by atoms with Gasteiger partial charge in [0.15, 0.2) is 5.94 Å². The average Bonchev–Trinajstić information content (AvgIpc) is 1.98. The van der Waals surface area contributed by atoms with E-state index in [1.165, 1.54) is 0 Å². The van der Waals surface area contributed by atoms with Crippen LogP contribution in [-0.2, 0) is 9.53 Å². The Kier molecular flexibility index (Phi) is 4.49. The average molecular weight is 181 g/mol. The number of hydrogen-bond donors (Lipinski definition) is 2. The van der Waals surface area contributed by atoms with Crippen molar-refractivity contribution in [2.45, 2.75) is 6.10 Å². The Morgan fingerprint density at radius 3 is 2.55 bits per heavy atom. The maximum Gasteiger partial charge on any atom is 0.409 e. The second-order valence-electron chi connectivity index (χ2n) is 1.50. The SMILES string of the molecule is O=C=C(OC(=O)Cl)C(O)CO. The minimum absolute atomic E-state index is 0.729. The lowest BCUT2D eigenvalue weighted by Crippen LogP contribution is -2.18. The van der Waals surface area contributed by atoms with Gasteiger partial charge in [0.05, 0.1) is 6.61 Å². The Bertz CT molecular complexity index is 195. The van der Waals surface area contributed by atoms with Crippen LogP contribution in [0.25, 0.3) is 0 Å². The molecule has 0 aromatic rings. The fraction of sp³-hybridized carbons (Fsp3) is 0.400. The Hall–Kier alpha value is -0.870. The van der Waals surface area contributed by atoms with Crippen molar-refractivity contribution in [3.8, 4) is 0 Å². The first-order valence-corrected chi connectivity index (χ1v) is 2.90. The van der Waals surface area contributed by atoms with Crippen LogP contribution in [0.2, 0.25) is 0 Å². The minimum Gasteiger partial charge on any atom is -0.404 e. The van der Waals surface area contributed by atoms with E-state index in [0.717, 1.165) is 5.94 Å². The largest absolute Gasteiger partial charge is 0.409 e. The van der Waals surface area contributed by atoms with Crippen LogP contribution in [0.15, 0.2) is 5.76 Å². The van der Waals surface area contributed by atoms with Gasteiger partial charge >= 0.3 is 5.43 Å². The molecule has 0 aromatic carbocycles. The van der Waals surface area contributed by atoms with Crippen molar-refractivity contribution >= 4 is 23.0 Å². The third-order valence-electron chi connectivity index (χ3n) is 0.766. The smallest absolute Gasteiger partial charge is 0.404 e. The predicted molar refractivity (Wildman–Crippen MR) is 34.6 cm³/mol. The summed E-state index contributed by atoms with van der Waals surface area (Å²) in [6.45, 7) is -0.741. The van der Waals surface area contributed by atoms with Crippen molar-refractivity contribution in [1.82, 2.24) is 0 Å². The first-order chi connectivity index (χ1) is 5.11. The first-order valence-electron chi connectivity index (χ1n) is 2.53. The van der Waals surface area contributed by atoms with Gasteiger partial charge < -0.3 is 14.9 Å². The van der Waals surface area contributed by atoms with Crippen LogP contribution < -0.4 is 0 Å². The summed E-state index contributed by atoms with van der Waals surface area (Å²) < 4.78 is 3.96. The second kappa shape index (κ2) is 4.87. The molecule has 62 valence electrons. The number of rotatable bonds is 3. The summed E-state index contributed by atoms with van der Waals surface area (Å²) >= 11 is 4.70. The van der Waals surface area contributed by atoms with E-state index in [-0.39, 0.29) is 0 Å². The van der Waals surface area contributed by atoms with Gasteiger partial charge in [-0.3, -0.25) is 0 Å². The molecule has 0 heterocycles. The van der Waals surface area contributed by atoms with E-state index in [2.05, 4.69) is 4.74 Å². The fourth-order valence-electron chi connectivity index (χ4n) is 0.326. The van der Waals surface area contributed by atoms with Crippen LogP contribution in [0.5, 0.6) is 0 Å². The highest BCUT2D eigenvalue weighted by molar-refractivity contribution is 6.61. The molecule has 0 radical (unpaired) electrons. The summed E-state index contributed by atoms with van der Waals surface area (Å²) in [4.78, 5) is 19.9. The molecule has 2 N–H and O–H groups in total. The van der Waals surface area contributed by atoms with Crippen molar-refractivity contribution < 1.29 is 24.5 Å². The topological polar surface area (TPSA) is 83.8 Å². The molecule has 0 spiro atoms. The summed E-state index contributed by atoms with van der Waals surface area (Å²) in [5.41, 5.74) is -1.27. The third kappa shape index (κ3) is 3.75. The van der Waals surface area contributed by atoms with Crippen molar-refractivity contribution in [3.63, 3.8) is 0 Å². The molecule has 0 fully saturated rings. The molecule has 6 heteroatoms. The van der Waals surface area contributed by atoms with E-state index in [0.29, 0.717) is 0 Å². The lowest BCUT2D eigenvalue weighted by molar-refractivity contribution is 0.0830. The van der Waals surface area contributed by atoms with Gasteiger partial charge in [-0.2, -0.15) is 0 Å². The maximum atomic E-state index is 9.98. The number of ether oxygens (including phenoxy) is 1. The summed E-state index contributed by atoms with van der Waals surface area (Å²) in [7, 11) is 0. The van der Waals surface area contributed by atoms with Crippen LogP contribution in [0.3, 0.4) is 0 Å². The zero-order chi connectivity index (χ0) is 8.85. The van der Waals surface area contributed by atoms with Gasteiger partial charge in [0, 0.05) is 11.6 Å². The van der Waals surface area contributed by atoms with E-state index in [4.69, 9.17) is 21.8 Å². The Morgan fingerprint density at radius 1 is 1.73 bits per heavy atom. The van der Waals surface area contributed by atoms with Crippen molar-refractivity contribution in [2.24, 2.45) is 0 Å². The number of carbonyl (C=O) groups is 1. The summed E-state index contributed by atoms with van der Waals surface area (Å²) in [6, 6.07) is 0. The molecule has 0 bridgehead atoms. The normalized spacial score (nSPS) is 11.5. The lowest BCUT2D eigenvalue weighted by Gasteiger charge is -2.05. The van der Waals surface area contributed by atoms with E-state index in [1.54, 1.807) is 0 Å². The van der Waals surface area contributed by atoms with E-state index in [1.807, 2.05) is 0 Å². The van der Waals surface area contributed by atoms with Gasteiger partial charge in [-0.1, -0.05) is 0 Å². The van der Waals surface area contributed by atoms with Crippen LogP contribution in [0.1, 0.15) is 0 Å². The standard InChI is InChI=1S/C5H5ClO5/c6-5(10)11-4(2-8)3(9)1-7/h3,7,9H,1H2. The number of carbonyl (C=O) groups excluding carboxylic acids is 2. The Labute approximate surface area is 66.8 Å². The molecule has 5 nitrogen and oxygen atoms in total. The predicted octanol–water partition coefficient (Wildman–Crippen LogP) is -0.569. The molecule has 0 amide bonds. The zero-order valence-electron chi connectivity index (χ0n) is 5.28. The Morgan fingerprint density at radius 2 is 2.27 bits per heavy atom. The summed E-state index contributed by atoms with van der Waals surface area (Å²) in [5, 5.41) is 16.9. The Balaban J connectivity index is 4.20. The number of hydrogen-bond acceptors (Lipinski definition) is 5. The van der Waals surface area contributed by atoms with Gasteiger partial charge in [0.25, 0.3) is 0 Å². The molecule has 0 saturated carbocycles. The minimum atomic E-state index is -1.56. The molecular formula is C5H5ClO5. The van der Waals surface area contributed by atoms with Crippen molar-refractivity contribution in [1.29, 1.82) is 0 Å². The number of aliphatic hydroxyl groups is 2. The molecule has 1 atom stereocenters. The molecular weight excluding hydrogens is 176 g/mol. The molecule has 0 rings (SSSR count). The van der Waals surface area contributed by atoms with Crippen LogP contribution in [0, 0.1) is 0 Å².